The van der Waals surface area contributed by atoms with E-state index in [1.165, 1.54) is 6.07 Å². The molecule has 0 radical (unpaired) electrons. The molecule has 0 saturated heterocycles. The van der Waals surface area contributed by atoms with Gasteiger partial charge in [-0.1, -0.05) is 18.2 Å². The maximum Gasteiger partial charge on any atom is 0.117 e. The highest BCUT2D eigenvalue weighted by atomic mass is 19.1. The molecule has 0 spiro atoms. The highest BCUT2D eigenvalue weighted by Crippen LogP contribution is 2.34. The molecular formula is C15H12F3N. The third-order valence-electron chi connectivity index (χ3n) is 3.49. The maximum atomic E-state index is 13.2. The third-order valence-corrected chi connectivity index (χ3v) is 3.49. The first-order chi connectivity index (χ1) is 9.30. The zero-order valence-electron chi connectivity index (χ0n) is 10.1. The van der Waals surface area contributed by atoms with E-state index in [0.29, 0.717) is 16.5 Å². The third kappa shape index (κ3) is 1.70. The van der Waals surface area contributed by atoms with Gasteiger partial charge in [-0.25, -0.2) is 13.2 Å². The van der Waals surface area contributed by atoms with Crippen LogP contribution in [0.25, 0.3) is 21.8 Å². The fourth-order valence-electron chi connectivity index (χ4n) is 2.61. The van der Waals surface area contributed by atoms with Gasteiger partial charge in [-0.05, 0) is 23.3 Å². The van der Waals surface area contributed by atoms with Crippen LogP contribution in [0, 0.1) is 0 Å². The molecular weight excluding hydrogens is 251 g/mol. The van der Waals surface area contributed by atoms with Crippen LogP contribution >= 0.6 is 0 Å². The van der Waals surface area contributed by atoms with Gasteiger partial charge in [0.05, 0.1) is 5.52 Å². The maximum absolute atomic E-state index is 13.2. The van der Waals surface area contributed by atoms with Crippen molar-refractivity contribution in [2.75, 3.05) is 0 Å². The number of hydrogen-bond donors (Lipinski definition) is 1. The van der Waals surface area contributed by atoms with Crippen LogP contribution in [0.5, 0.6) is 0 Å². The lowest BCUT2D eigenvalue weighted by Crippen LogP contribution is -1.95. The van der Waals surface area contributed by atoms with E-state index in [0.717, 1.165) is 10.9 Å². The van der Waals surface area contributed by atoms with E-state index in [4.69, 9.17) is 0 Å². The fraction of sp³-hybridized carbons (Fsp3) is 0.200. The molecule has 4 heteroatoms. The normalized spacial score (nSPS) is 11.5. The van der Waals surface area contributed by atoms with E-state index < -0.39 is 20.0 Å². The standard InChI is InChI=1S/C15H12F3N/c16-6-9-5-10(7-17)14-11-3-1-2-4-13(11)19-15(14)12(9)8-18/h1-5,19H,6-8H2. The van der Waals surface area contributed by atoms with Gasteiger partial charge >= 0.3 is 0 Å². The predicted octanol–water partition coefficient (Wildman–Crippen LogP) is 4.73. The molecule has 0 atom stereocenters. The van der Waals surface area contributed by atoms with Crippen LogP contribution in [0.2, 0.25) is 0 Å². The molecule has 98 valence electrons. The molecule has 0 aliphatic heterocycles. The SMILES string of the molecule is FCc1cc(CF)c2c([nH]c3ccccc32)c1CF. The molecule has 1 aromatic heterocycles. The average molecular weight is 263 g/mol. The summed E-state index contributed by atoms with van der Waals surface area (Å²) in [5.41, 5.74) is 2.21. The Morgan fingerprint density at radius 1 is 0.895 bits per heavy atom. The van der Waals surface area contributed by atoms with Gasteiger partial charge in [0.15, 0.2) is 0 Å². The number of hydrogen-bond acceptors (Lipinski definition) is 0. The second-order valence-electron chi connectivity index (χ2n) is 4.49. The Balaban J connectivity index is 2.52. The molecule has 19 heavy (non-hydrogen) atoms. The van der Waals surface area contributed by atoms with Crippen molar-refractivity contribution in [2.24, 2.45) is 0 Å². The van der Waals surface area contributed by atoms with Crippen LogP contribution in [-0.4, -0.2) is 4.98 Å². The average Bonchev–Trinajstić information content (AvgIpc) is 2.84. The van der Waals surface area contributed by atoms with Crippen LogP contribution in [-0.2, 0) is 20.0 Å². The molecule has 0 amide bonds. The molecule has 2 aromatic carbocycles. The lowest BCUT2D eigenvalue weighted by atomic mass is 9.99. The number of para-hydroxylation sites is 1. The number of halogens is 3. The Labute approximate surface area is 108 Å². The topological polar surface area (TPSA) is 15.8 Å². The number of H-pyrrole nitrogens is 1. The van der Waals surface area contributed by atoms with Gasteiger partial charge in [0.2, 0.25) is 0 Å². The number of benzene rings is 2. The first kappa shape index (κ1) is 12.1. The summed E-state index contributed by atoms with van der Waals surface area (Å²) >= 11 is 0. The highest BCUT2D eigenvalue weighted by Gasteiger charge is 2.16. The Kier molecular flexibility index (Phi) is 2.93. The highest BCUT2D eigenvalue weighted by molar-refractivity contribution is 6.10. The number of aromatic nitrogens is 1. The lowest BCUT2D eigenvalue weighted by molar-refractivity contribution is 0.453. The Morgan fingerprint density at radius 3 is 2.32 bits per heavy atom. The first-order valence-electron chi connectivity index (χ1n) is 6.02. The van der Waals surface area contributed by atoms with Crippen molar-refractivity contribution < 1.29 is 13.2 Å². The molecule has 0 unspecified atom stereocenters. The summed E-state index contributed by atoms with van der Waals surface area (Å²) in [7, 11) is 0. The van der Waals surface area contributed by atoms with E-state index in [1.807, 2.05) is 24.3 Å². The minimum Gasteiger partial charge on any atom is -0.354 e. The molecule has 3 aromatic rings. The molecule has 0 saturated carbocycles. The van der Waals surface area contributed by atoms with Gasteiger partial charge in [-0.2, -0.15) is 0 Å². The monoisotopic (exact) mass is 263 g/mol. The van der Waals surface area contributed by atoms with E-state index in [2.05, 4.69) is 4.98 Å². The summed E-state index contributed by atoms with van der Waals surface area (Å²) in [6.07, 6.45) is 0. The van der Waals surface area contributed by atoms with Gasteiger partial charge in [0.1, 0.15) is 20.0 Å². The van der Waals surface area contributed by atoms with Crippen molar-refractivity contribution in [3.8, 4) is 0 Å². The second kappa shape index (κ2) is 4.61. The van der Waals surface area contributed by atoms with Crippen molar-refractivity contribution in [1.29, 1.82) is 0 Å². The van der Waals surface area contributed by atoms with Crippen LogP contribution in [0.1, 0.15) is 16.7 Å². The molecule has 0 fully saturated rings. The largest absolute Gasteiger partial charge is 0.354 e. The molecule has 0 bridgehead atoms. The van der Waals surface area contributed by atoms with E-state index in [9.17, 15) is 13.2 Å². The van der Waals surface area contributed by atoms with Gasteiger partial charge in [0, 0.05) is 21.9 Å². The molecule has 3 rings (SSSR count). The minimum atomic E-state index is -0.794. The van der Waals surface area contributed by atoms with Crippen LogP contribution in [0.15, 0.2) is 30.3 Å². The molecule has 0 aliphatic carbocycles. The summed E-state index contributed by atoms with van der Waals surface area (Å²) in [6, 6.07) is 8.81. The quantitative estimate of drug-likeness (QED) is 0.703. The molecule has 1 N–H and O–H groups in total. The Morgan fingerprint density at radius 2 is 1.63 bits per heavy atom. The van der Waals surface area contributed by atoms with Crippen molar-refractivity contribution in [1.82, 2.24) is 4.98 Å². The predicted molar refractivity (Wildman–Crippen MR) is 70.2 cm³/mol. The molecule has 1 heterocycles. The number of alkyl halides is 3. The van der Waals surface area contributed by atoms with Crippen molar-refractivity contribution >= 4 is 21.8 Å². The fourth-order valence-corrected chi connectivity index (χ4v) is 2.61. The Bertz CT molecular complexity index is 746. The number of aromatic amines is 1. The Hall–Kier alpha value is -1.97. The summed E-state index contributed by atoms with van der Waals surface area (Å²) in [6.45, 7) is -2.26. The smallest absolute Gasteiger partial charge is 0.117 e. The number of nitrogens with one attached hydrogen (secondary N) is 1. The van der Waals surface area contributed by atoms with Gasteiger partial charge < -0.3 is 4.98 Å². The second-order valence-corrected chi connectivity index (χ2v) is 4.49. The van der Waals surface area contributed by atoms with Gasteiger partial charge in [-0.15, -0.1) is 0 Å². The summed E-state index contributed by atoms with van der Waals surface area (Å²) in [5.74, 6) is 0. The van der Waals surface area contributed by atoms with E-state index in [1.54, 1.807) is 0 Å². The first-order valence-corrected chi connectivity index (χ1v) is 6.02. The molecule has 1 nitrogen and oxygen atoms in total. The van der Waals surface area contributed by atoms with E-state index in [-0.39, 0.29) is 11.1 Å². The summed E-state index contributed by atoms with van der Waals surface area (Å²) in [4.78, 5) is 3.07. The number of fused-ring (bicyclic) bond motifs is 3. The lowest BCUT2D eigenvalue weighted by Gasteiger charge is -2.08. The van der Waals surface area contributed by atoms with Crippen LogP contribution in [0.4, 0.5) is 13.2 Å². The van der Waals surface area contributed by atoms with Crippen molar-refractivity contribution in [3.63, 3.8) is 0 Å². The van der Waals surface area contributed by atoms with Gasteiger partial charge in [0.25, 0.3) is 0 Å². The summed E-state index contributed by atoms with van der Waals surface area (Å²) in [5, 5.41) is 1.49. The van der Waals surface area contributed by atoms with E-state index >= 15 is 0 Å². The van der Waals surface area contributed by atoms with Gasteiger partial charge in [-0.3, -0.25) is 0 Å². The van der Waals surface area contributed by atoms with Crippen LogP contribution in [0.3, 0.4) is 0 Å². The van der Waals surface area contributed by atoms with Crippen molar-refractivity contribution in [3.05, 3.63) is 47.0 Å². The zero-order valence-corrected chi connectivity index (χ0v) is 10.1. The minimum absolute atomic E-state index is 0.217. The van der Waals surface area contributed by atoms with Crippen LogP contribution < -0.4 is 0 Å². The molecule has 0 aliphatic rings. The van der Waals surface area contributed by atoms with Crippen molar-refractivity contribution in [2.45, 2.75) is 20.0 Å². The zero-order chi connectivity index (χ0) is 13.4. The summed E-state index contributed by atoms with van der Waals surface area (Å²) < 4.78 is 39.3. The number of rotatable bonds is 3.